The number of hydrogen-bond acceptors (Lipinski definition) is 4. The van der Waals surface area contributed by atoms with Gasteiger partial charge in [0.05, 0.1) is 17.6 Å². The van der Waals surface area contributed by atoms with Crippen LogP contribution in [0.1, 0.15) is 32.2 Å². The molecule has 0 atom stereocenters. The average Bonchev–Trinajstić information content (AvgIpc) is 2.77. The highest BCUT2D eigenvalue weighted by molar-refractivity contribution is 5.87. The van der Waals surface area contributed by atoms with Crippen LogP contribution in [0.2, 0.25) is 0 Å². The number of rotatable bonds is 3. The Morgan fingerprint density at radius 3 is 2.90 bits per heavy atom. The number of aliphatic imine (C=N–C) groups is 1. The first kappa shape index (κ1) is 15.0. The maximum atomic E-state index is 11.6. The molecule has 1 aromatic heterocycles. The first-order chi connectivity index (χ1) is 9.87. The van der Waals surface area contributed by atoms with Crippen molar-refractivity contribution in [1.82, 2.24) is 15.3 Å². The monoisotopic (exact) mass is 288 g/mol. The Kier molecular flexibility index (Phi) is 4.26. The van der Waals surface area contributed by atoms with Crippen LogP contribution in [0.25, 0.3) is 11.0 Å². The molecule has 0 aliphatic rings. The summed E-state index contributed by atoms with van der Waals surface area (Å²) in [4.78, 5) is 23.2. The summed E-state index contributed by atoms with van der Waals surface area (Å²) in [6.45, 7) is 5.76. The molecule has 1 aromatic carbocycles. The van der Waals surface area contributed by atoms with Crippen molar-refractivity contribution in [2.45, 2.75) is 32.9 Å². The first-order valence-corrected chi connectivity index (χ1v) is 6.75. The largest absolute Gasteiger partial charge is 0.444 e. The minimum Gasteiger partial charge on any atom is -0.444 e. The molecule has 0 spiro atoms. The minimum atomic E-state index is -0.508. The summed E-state index contributed by atoms with van der Waals surface area (Å²) < 4.78 is 5.18. The van der Waals surface area contributed by atoms with Crippen molar-refractivity contribution in [2.75, 3.05) is 7.05 Å². The summed E-state index contributed by atoms with van der Waals surface area (Å²) >= 11 is 0. The number of carbonyl (C=O) groups excluding carboxylic acids is 1. The predicted octanol–water partition coefficient (Wildman–Crippen LogP) is 2.64. The van der Waals surface area contributed by atoms with Gasteiger partial charge in [0.25, 0.3) is 0 Å². The number of amides is 1. The lowest BCUT2D eigenvalue weighted by molar-refractivity contribution is 0.0522. The first-order valence-electron chi connectivity index (χ1n) is 6.75. The standard InChI is InChI=1S/C15H20N4O2/c1-15(2,3)21-14(20)17-9-13-18-11-6-5-10(8-16-4)7-12(11)19-13/h5-8H,9H2,1-4H3,(H,17,20)(H,18,19). The molecule has 21 heavy (non-hydrogen) atoms. The van der Waals surface area contributed by atoms with Crippen LogP contribution in [-0.4, -0.2) is 34.9 Å². The van der Waals surface area contributed by atoms with Crippen molar-refractivity contribution in [3.8, 4) is 0 Å². The number of nitrogens with zero attached hydrogens (tertiary/aromatic N) is 2. The molecule has 0 bridgehead atoms. The summed E-state index contributed by atoms with van der Waals surface area (Å²) in [6, 6.07) is 5.83. The Morgan fingerprint density at radius 1 is 1.48 bits per heavy atom. The molecule has 6 nitrogen and oxygen atoms in total. The van der Waals surface area contributed by atoms with Crippen molar-refractivity contribution in [2.24, 2.45) is 4.99 Å². The molecule has 0 unspecified atom stereocenters. The second kappa shape index (κ2) is 5.95. The van der Waals surface area contributed by atoms with Gasteiger partial charge in [-0.05, 0) is 38.5 Å². The van der Waals surface area contributed by atoms with Crippen molar-refractivity contribution >= 4 is 23.3 Å². The van der Waals surface area contributed by atoms with E-state index in [0.29, 0.717) is 12.4 Å². The van der Waals surface area contributed by atoms with Crippen LogP contribution < -0.4 is 5.32 Å². The fourth-order valence-corrected chi connectivity index (χ4v) is 1.86. The highest BCUT2D eigenvalue weighted by Gasteiger charge is 2.16. The second-order valence-corrected chi connectivity index (χ2v) is 5.70. The van der Waals surface area contributed by atoms with Gasteiger partial charge in [-0.15, -0.1) is 0 Å². The van der Waals surface area contributed by atoms with Gasteiger partial charge in [0.15, 0.2) is 0 Å². The van der Waals surface area contributed by atoms with E-state index in [9.17, 15) is 4.79 Å². The molecule has 2 N–H and O–H groups in total. The summed E-state index contributed by atoms with van der Waals surface area (Å²) in [5.41, 5.74) is 2.25. The Balaban J connectivity index is 2.04. The zero-order valence-corrected chi connectivity index (χ0v) is 12.7. The van der Waals surface area contributed by atoms with Crippen LogP contribution in [-0.2, 0) is 11.3 Å². The summed E-state index contributed by atoms with van der Waals surface area (Å²) in [7, 11) is 1.73. The molecule has 0 saturated carbocycles. The number of aromatic amines is 1. The maximum absolute atomic E-state index is 11.6. The van der Waals surface area contributed by atoms with E-state index in [1.54, 1.807) is 13.3 Å². The SMILES string of the molecule is CN=Cc1ccc2nc(CNC(=O)OC(C)(C)C)[nH]c2c1. The topological polar surface area (TPSA) is 79.4 Å². The van der Waals surface area contributed by atoms with Gasteiger partial charge in [0, 0.05) is 13.3 Å². The van der Waals surface area contributed by atoms with E-state index < -0.39 is 11.7 Å². The molecule has 6 heteroatoms. The Bertz CT molecular complexity index is 668. The number of fused-ring (bicyclic) bond motifs is 1. The van der Waals surface area contributed by atoms with Gasteiger partial charge >= 0.3 is 6.09 Å². The van der Waals surface area contributed by atoms with Crippen LogP contribution in [0, 0.1) is 0 Å². The molecule has 0 fully saturated rings. The van der Waals surface area contributed by atoms with E-state index in [-0.39, 0.29) is 0 Å². The molecule has 1 heterocycles. The molecular weight excluding hydrogens is 268 g/mol. The third kappa shape index (κ3) is 4.30. The number of benzene rings is 1. The molecular formula is C15H20N4O2. The van der Waals surface area contributed by atoms with Gasteiger partial charge in [-0.2, -0.15) is 0 Å². The van der Waals surface area contributed by atoms with Crippen molar-refractivity contribution < 1.29 is 9.53 Å². The Morgan fingerprint density at radius 2 is 2.24 bits per heavy atom. The number of alkyl carbamates (subject to hydrolysis) is 1. The summed E-state index contributed by atoms with van der Waals surface area (Å²) in [6.07, 6.45) is 1.32. The number of hydrogen-bond donors (Lipinski definition) is 2. The highest BCUT2D eigenvalue weighted by Crippen LogP contribution is 2.13. The van der Waals surface area contributed by atoms with Gasteiger partial charge in [0.2, 0.25) is 0 Å². The van der Waals surface area contributed by atoms with E-state index in [1.165, 1.54) is 0 Å². The van der Waals surface area contributed by atoms with E-state index in [4.69, 9.17) is 4.74 Å². The highest BCUT2D eigenvalue weighted by atomic mass is 16.6. The summed E-state index contributed by atoms with van der Waals surface area (Å²) in [5, 5.41) is 2.67. The number of aromatic nitrogens is 2. The van der Waals surface area contributed by atoms with Gasteiger partial charge in [-0.1, -0.05) is 6.07 Å². The van der Waals surface area contributed by atoms with E-state index in [2.05, 4.69) is 20.3 Å². The number of nitrogens with one attached hydrogen (secondary N) is 2. The van der Waals surface area contributed by atoms with E-state index >= 15 is 0 Å². The molecule has 1 amide bonds. The molecule has 0 radical (unpaired) electrons. The zero-order valence-electron chi connectivity index (χ0n) is 12.7. The number of H-pyrrole nitrogens is 1. The third-order valence-electron chi connectivity index (χ3n) is 2.63. The fraction of sp³-hybridized carbons (Fsp3) is 0.400. The second-order valence-electron chi connectivity index (χ2n) is 5.70. The Hall–Kier alpha value is -2.37. The van der Waals surface area contributed by atoms with Crippen LogP contribution in [0.15, 0.2) is 23.2 Å². The number of carbonyl (C=O) groups is 1. The number of imidazole rings is 1. The smallest absolute Gasteiger partial charge is 0.408 e. The quantitative estimate of drug-likeness (QED) is 0.852. The lowest BCUT2D eigenvalue weighted by Gasteiger charge is -2.19. The summed E-state index contributed by atoms with van der Waals surface area (Å²) in [5.74, 6) is 0.682. The average molecular weight is 288 g/mol. The number of ether oxygens (including phenoxy) is 1. The zero-order chi connectivity index (χ0) is 15.5. The van der Waals surface area contributed by atoms with Crippen LogP contribution in [0.4, 0.5) is 4.79 Å². The van der Waals surface area contributed by atoms with Gasteiger partial charge < -0.3 is 15.0 Å². The molecule has 0 aliphatic heterocycles. The normalized spacial score (nSPS) is 12.0. The van der Waals surface area contributed by atoms with Crippen LogP contribution in [0.5, 0.6) is 0 Å². The third-order valence-corrected chi connectivity index (χ3v) is 2.63. The molecule has 2 aromatic rings. The van der Waals surface area contributed by atoms with Gasteiger partial charge in [-0.3, -0.25) is 4.99 Å². The minimum absolute atomic E-state index is 0.292. The van der Waals surface area contributed by atoms with Gasteiger partial charge in [0.1, 0.15) is 11.4 Å². The van der Waals surface area contributed by atoms with Gasteiger partial charge in [-0.25, -0.2) is 9.78 Å². The van der Waals surface area contributed by atoms with E-state index in [1.807, 2.05) is 39.0 Å². The Labute approximate surface area is 123 Å². The lowest BCUT2D eigenvalue weighted by atomic mass is 10.2. The van der Waals surface area contributed by atoms with E-state index in [0.717, 1.165) is 16.6 Å². The predicted molar refractivity (Wildman–Crippen MR) is 82.7 cm³/mol. The van der Waals surface area contributed by atoms with Crippen LogP contribution >= 0.6 is 0 Å². The fourth-order valence-electron chi connectivity index (χ4n) is 1.86. The molecule has 0 aliphatic carbocycles. The van der Waals surface area contributed by atoms with Crippen molar-refractivity contribution in [1.29, 1.82) is 0 Å². The molecule has 112 valence electrons. The molecule has 0 saturated heterocycles. The maximum Gasteiger partial charge on any atom is 0.408 e. The van der Waals surface area contributed by atoms with Crippen molar-refractivity contribution in [3.05, 3.63) is 29.6 Å². The van der Waals surface area contributed by atoms with Crippen molar-refractivity contribution in [3.63, 3.8) is 0 Å². The van der Waals surface area contributed by atoms with Crippen LogP contribution in [0.3, 0.4) is 0 Å². The molecule has 2 rings (SSSR count). The lowest BCUT2D eigenvalue weighted by Crippen LogP contribution is -2.32.